The number of hydrogen-bond donors (Lipinski definition) is 2. The smallest absolute Gasteiger partial charge is 0.237 e. The van der Waals surface area contributed by atoms with Crippen molar-refractivity contribution >= 4 is 29.1 Å². The van der Waals surface area contributed by atoms with Gasteiger partial charge >= 0.3 is 0 Å². The second kappa shape index (κ2) is 7.89. The van der Waals surface area contributed by atoms with E-state index in [0.29, 0.717) is 28.6 Å². The van der Waals surface area contributed by atoms with E-state index in [1.165, 1.54) is 0 Å². The van der Waals surface area contributed by atoms with Crippen LogP contribution < -0.4 is 15.4 Å². The highest BCUT2D eigenvalue weighted by atomic mass is 35.5. The quantitative estimate of drug-likeness (QED) is 0.555. The molecule has 7 heteroatoms. The van der Waals surface area contributed by atoms with Gasteiger partial charge < -0.3 is 15.4 Å². The van der Waals surface area contributed by atoms with Crippen LogP contribution >= 0.6 is 11.6 Å². The Morgan fingerprint density at radius 1 is 1.03 bits per heavy atom. The number of aromatic nitrogens is 1. The van der Waals surface area contributed by atoms with Gasteiger partial charge in [0.25, 0.3) is 0 Å². The lowest BCUT2D eigenvalue weighted by Crippen LogP contribution is -2.52. The van der Waals surface area contributed by atoms with Crippen LogP contribution in [0, 0.1) is 20.8 Å². The van der Waals surface area contributed by atoms with Crippen LogP contribution in [0.2, 0.25) is 5.02 Å². The molecule has 0 unspecified atom stereocenters. The number of carbonyl (C=O) groups is 2. The van der Waals surface area contributed by atoms with Crippen molar-refractivity contribution < 1.29 is 14.3 Å². The molecule has 0 bridgehead atoms. The Morgan fingerprint density at radius 2 is 1.79 bits per heavy atom. The minimum atomic E-state index is -0.955. The molecular formula is C26H24ClN3O3. The molecule has 2 atom stereocenters. The number of hydrogen-bond acceptors (Lipinski definition) is 4. The third-order valence-electron chi connectivity index (χ3n) is 6.42. The largest absolute Gasteiger partial charge is 0.457 e. The van der Waals surface area contributed by atoms with Crippen molar-refractivity contribution in [3.63, 3.8) is 0 Å². The molecule has 1 spiro atoms. The lowest BCUT2D eigenvalue weighted by Gasteiger charge is -2.41. The van der Waals surface area contributed by atoms with Crippen LogP contribution in [-0.2, 0) is 15.0 Å². The summed E-state index contributed by atoms with van der Waals surface area (Å²) >= 11 is 6.19. The zero-order valence-electron chi connectivity index (χ0n) is 18.7. The molecule has 2 amide bonds. The topological polar surface area (TPSA) is 80.3 Å². The molecule has 2 aliphatic rings. The number of amides is 2. The van der Waals surface area contributed by atoms with Crippen molar-refractivity contribution in [2.75, 3.05) is 5.32 Å². The van der Waals surface area contributed by atoms with Gasteiger partial charge in [0, 0.05) is 46.2 Å². The number of benzene rings is 2. The standard InChI is InChI=1S/C26H24ClN3O3/c1-14-4-7-22(33-18-11-15(2)28-16(3)12-18)19(10-14)24-26(9-8-23(31)30-24)20-6-5-17(27)13-21(20)29-25(26)32/h4-7,10-13,24H,8-9H2,1-3H3,(H,29,32)(H,30,31)/t24-,26-/m1/s1. The predicted molar refractivity (Wildman–Crippen MR) is 127 cm³/mol. The van der Waals surface area contributed by atoms with Gasteiger partial charge in [-0.3, -0.25) is 14.6 Å². The molecule has 2 aromatic carbocycles. The number of nitrogens with zero attached hydrogens (tertiary/aromatic N) is 1. The van der Waals surface area contributed by atoms with Crippen LogP contribution in [0.1, 0.15) is 47.0 Å². The number of fused-ring (bicyclic) bond motifs is 2. The summed E-state index contributed by atoms with van der Waals surface area (Å²) in [6.45, 7) is 5.81. The summed E-state index contributed by atoms with van der Waals surface area (Å²) < 4.78 is 6.32. The molecule has 2 aliphatic heterocycles. The molecule has 1 aromatic heterocycles. The van der Waals surface area contributed by atoms with Crippen LogP contribution in [0.3, 0.4) is 0 Å². The number of carbonyl (C=O) groups excluding carboxylic acids is 2. The van der Waals surface area contributed by atoms with Gasteiger partial charge in [-0.05, 0) is 51.0 Å². The van der Waals surface area contributed by atoms with Crippen molar-refractivity contribution in [2.45, 2.75) is 45.1 Å². The van der Waals surface area contributed by atoms with Crippen LogP contribution in [0.15, 0.2) is 48.5 Å². The molecule has 168 valence electrons. The first-order valence-electron chi connectivity index (χ1n) is 10.9. The molecule has 5 rings (SSSR count). The molecule has 0 aliphatic carbocycles. The Kier molecular flexibility index (Phi) is 5.13. The van der Waals surface area contributed by atoms with E-state index in [2.05, 4.69) is 15.6 Å². The van der Waals surface area contributed by atoms with E-state index >= 15 is 0 Å². The SMILES string of the molecule is Cc1ccc(Oc2cc(C)nc(C)c2)c([C@H]2NC(=O)CC[C@]23C(=O)Nc2cc(Cl)ccc23)c1. The zero-order chi connectivity index (χ0) is 23.3. The van der Waals surface area contributed by atoms with E-state index in [-0.39, 0.29) is 18.2 Å². The van der Waals surface area contributed by atoms with Crippen LogP contribution in [0.25, 0.3) is 0 Å². The summed E-state index contributed by atoms with van der Waals surface area (Å²) in [5.41, 5.74) is 4.03. The minimum absolute atomic E-state index is 0.0936. The average Bonchev–Trinajstić information content (AvgIpc) is 3.01. The lowest BCUT2D eigenvalue weighted by molar-refractivity contribution is -0.130. The first kappa shape index (κ1) is 21.5. The van der Waals surface area contributed by atoms with Gasteiger partial charge in [0.2, 0.25) is 11.8 Å². The highest BCUT2D eigenvalue weighted by Crippen LogP contribution is 2.53. The number of pyridine rings is 1. The summed E-state index contributed by atoms with van der Waals surface area (Å²) in [7, 11) is 0. The van der Waals surface area contributed by atoms with Crippen molar-refractivity contribution in [3.8, 4) is 11.5 Å². The molecule has 1 fully saturated rings. The summed E-state index contributed by atoms with van der Waals surface area (Å²) in [6.07, 6.45) is 0.654. The lowest BCUT2D eigenvalue weighted by atomic mass is 9.67. The average molecular weight is 462 g/mol. The molecule has 3 aromatic rings. The fraction of sp³-hybridized carbons (Fsp3) is 0.269. The number of aryl methyl sites for hydroxylation is 3. The monoisotopic (exact) mass is 461 g/mol. The second-order valence-corrected chi connectivity index (χ2v) is 9.28. The van der Waals surface area contributed by atoms with Gasteiger partial charge in [-0.2, -0.15) is 0 Å². The van der Waals surface area contributed by atoms with Gasteiger partial charge in [-0.15, -0.1) is 0 Å². The maximum Gasteiger partial charge on any atom is 0.237 e. The number of nitrogens with one attached hydrogen (secondary N) is 2. The first-order valence-corrected chi connectivity index (χ1v) is 11.3. The van der Waals surface area contributed by atoms with Gasteiger partial charge in [-0.1, -0.05) is 35.4 Å². The Balaban J connectivity index is 1.66. The van der Waals surface area contributed by atoms with Gasteiger partial charge in [-0.25, -0.2) is 0 Å². The van der Waals surface area contributed by atoms with E-state index in [0.717, 1.165) is 28.1 Å². The Bertz CT molecular complexity index is 1290. The molecule has 3 heterocycles. The highest BCUT2D eigenvalue weighted by Gasteiger charge is 2.56. The van der Waals surface area contributed by atoms with Crippen LogP contribution in [0.4, 0.5) is 5.69 Å². The van der Waals surface area contributed by atoms with Gasteiger partial charge in [0.05, 0.1) is 6.04 Å². The number of halogens is 1. The number of rotatable bonds is 3. The normalized spacial score (nSPS) is 21.5. The van der Waals surface area contributed by atoms with Crippen LogP contribution in [0.5, 0.6) is 11.5 Å². The summed E-state index contributed by atoms with van der Waals surface area (Å²) in [4.78, 5) is 30.5. The fourth-order valence-electron chi connectivity index (χ4n) is 5.02. The number of anilines is 1. The molecular weight excluding hydrogens is 438 g/mol. The first-order chi connectivity index (χ1) is 15.8. The molecule has 33 heavy (non-hydrogen) atoms. The Hall–Kier alpha value is -3.38. The number of ether oxygens (including phenoxy) is 1. The highest BCUT2D eigenvalue weighted by molar-refractivity contribution is 6.31. The maximum absolute atomic E-state index is 13.5. The summed E-state index contributed by atoms with van der Waals surface area (Å²) in [5.74, 6) is 1.01. The van der Waals surface area contributed by atoms with E-state index in [9.17, 15) is 9.59 Å². The van der Waals surface area contributed by atoms with Crippen LogP contribution in [-0.4, -0.2) is 16.8 Å². The van der Waals surface area contributed by atoms with E-state index in [1.54, 1.807) is 12.1 Å². The Labute approximate surface area is 197 Å². The van der Waals surface area contributed by atoms with Crippen molar-refractivity contribution in [1.29, 1.82) is 0 Å². The molecule has 0 radical (unpaired) electrons. The van der Waals surface area contributed by atoms with E-state index in [4.69, 9.17) is 16.3 Å². The molecule has 0 saturated carbocycles. The second-order valence-electron chi connectivity index (χ2n) is 8.84. The summed E-state index contributed by atoms with van der Waals surface area (Å²) in [6, 6.07) is 14.4. The summed E-state index contributed by atoms with van der Waals surface area (Å²) in [5, 5.41) is 6.64. The molecule has 6 nitrogen and oxygen atoms in total. The fourth-order valence-corrected chi connectivity index (χ4v) is 5.20. The van der Waals surface area contributed by atoms with Gasteiger partial charge in [0.15, 0.2) is 0 Å². The zero-order valence-corrected chi connectivity index (χ0v) is 19.4. The molecule has 2 N–H and O–H groups in total. The minimum Gasteiger partial charge on any atom is -0.457 e. The Morgan fingerprint density at radius 3 is 2.55 bits per heavy atom. The maximum atomic E-state index is 13.5. The van der Waals surface area contributed by atoms with Gasteiger partial charge in [0.1, 0.15) is 16.9 Å². The predicted octanol–water partition coefficient (Wildman–Crippen LogP) is 5.29. The third-order valence-corrected chi connectivity index (χ3v) is 6.65. The molecule has 1 saturated heterocycles. The number of piperidine rings is 1. The van der Waals surface area contributed by atoms with E-state index in [1.807, 2.05) is 57.2 Å². The third kappa shape index (κ3) is 3.64. The van der Waals surface area contributed by atoms with E-state index < -0.39 is 11.5 Å². The van der Waals surface area contributed by atoms with Crippen molar-refractivity contribution in [2.24, 2.45) is 0 Å². The van der Waals surface area contributed by atoms with Crippen molar-refractivity contribution in [1.82, 2.24) is 10.3 Å². The van der Waals surface area contributed by atoms with Crippen molar-refractivity contribution in [3.05, 3.63) is 81.6 Å².